The molecule has 0 spiro atoms. The number of nitrogens with zero attached hydrogens (tertiary/aromatic N) is 4. The van der Waals surface area contributed by atoms with Crippen LogP contribution < -0.4 is 0 Å². The van der Waals surface area contributed by atoms with Crippen molar-refractivity contribution in [2.24, 2.45) is 0 Å². The van der Waals surface area contributed by atoms with Gasteiger partial charge >= 0.3 is 0 Å². The predicted octanol–water partition coefficient (Wildman–Crippen LogP) is 0.239. The van der Waals surface area contributed by atoms with E-state index in [2.05, 4.69) is 9.88 Å². The van der Waals surface area contributed by atoms with Crippen LogP contribution in [0.15, 0.2) is 18.7 Å². The molecule has 2 heterocycles. The Morgan fingerprint density at radius 2 is 1.84 bits per heavy atom. The van der Waals surface area contributed by atoms with E-state index in [1.54, 1.807) is 30.7 Å². The smallest absolute Gasteiger partial charge is 0.216 e. The molecule has 0 radical (unpaired) electrons. The predicted molar refractivity (Wildman–Crippen MR) is 74.3 cm³/mol. The molecule has 7 heteroatoms. The quantitative estimate of drug-likeness (QED) is 0.778. The fourth-order valence-corrected chi connectivity index (χ4v) is 3.45. The summed E-state index contributed by atoms with van der Waals surface area (Å²) in [6.45, 7) is 8.13. The van der Waals surface area contributed by atoms with E-state index in [0.29, 0.717) is 13.1 Å². The largest absolute Gasteiger partial charge is 0.336 e. The molecule has 0 N–H and O–H groups in total. The Kier molecular flexibility index (Phi) is 4.59. The summed E-state index contributed by atoms with van der Waals surface area (Å²) in [5.41, 5.74) is 0. The lowest BCUT2D eigenvalue weighted by Crippen LogP contribution is -2.50. The maximum atomic E-state index is 12.0. The first kappa shape index (κ1) is 14.5. The SMILES string of the molecule is CC(C)S(=O)(=O)N1CCN(CCn2ccnc2)CC1. The zero-order chi connectivity index (χ0) is 13.9. The van der Waals surface area contributed by atoms with E-state index in [1.165, 1.54) is 0 Å². The van der Waals surface area contributed by atoms with Crippen molar-refractivity contribution in [2.75, 3.05) is 32.7 Å². The van der Waals surface area contributed by atoms with Crippen molar-refractivity contribution in [3.63, 3.8) is 0 Å². The molecule has 0 saturated carbocycles. The average Bonchev–Trinajstić information content (AvgIpc) is 2.90. The van der Waals surface area contributed by atoms with Crippen LogP contribution in [0.2, 0.25) is 0 Å². The molecule has 1 aliphatic heterocycles. The Hall–Kier alpha value is -0.920. The van der Waals surface area contributed by atoms with E-state index in [1.807, 2.05) is 10.8 Å². The van der Waals surface area contributed by atoms with Gasteiger partial charge in [-0.1, -0.05) is 0 Å². The Labute approximate surface area is 115 Å². The molecular weight excluding hydrogens is 264 g/mol. The van der Waals surface area contributed by atoms with E-state index < -0.39 is 10.0 Å². The molecule has 6 nitrogen and oxygen atoms in total. The maximum absolute atomic E-state index is 12.0. The monoisotopic (exact) mass is 286 g/mol. The summed E-state index contributed by atoms with van der Waals surface area (Å²) in [5, 5.41) is -0.329. The van der Waals surface area contributed by atoms with Crippen molar-refractivity contribution in [3.05, 3.63) is 18.7 Å². The van der Waals surface area contributed by atoms with Crippen molar-refractivity contribution in [3.8, 4) is 0 Å². The summed E-state index contributed by atoms with van der Waals surface area (Å²) in [5.74, 6) is 0. The zero-order valence-corrected chi connectivity index (χ0v) is 12.4. The Balaban J connectivity index is 1.79. The van der Waals surface area contributed by atoms with E-state index in [-0.39, 0.29) is 5.25 Å². The van der Waals surface area contributed by atoms with E-state index in [0.717, 1.165) is 26.2 Å². The summed E-state index contributed by atoms with van der Waals surface area (Å²) < 4.78 is 27.7. The fourth-order valence-electron chi connectivity index (χ4n) is 2.18. The van der Waals surface area contributed by atoms with Gasteiger partial charge in [0.15, 0.2) is 0 Å². The highest BCUT2D eigenvalue weighted by Gasteiger charge is 2.28. The van der Waals surface area contributed by atoms with E-state index in [9.17, 15) is 8.42 Å². The second kappa shape index (κ2) is 6.02. The Morgan fingerprint density at radius 3 is 2.37 bits per heavy atom. The molecule has 19 heavy (non-hydrogen) atoms. The third kappa shape index (κ3) is 3.55. The average molecular weight is 286 g/mol. The molecule has 1 aromatic rings. The lowest BCUT2D eigenvalue weighted by molar-refractivity contribution is 0.182. The number of aromatic nitrogens is 2. The van der Waals surface area contributed by atoms with Gasteiger partial charge < -0.3 is 4.57 Å². The van der Waals surface area contributed by atoms with Crippen LogP contribution in [0.1, 0.15) is 13.8 Å². The minimum absolute atomic E-state index is 0.329. The fraction of sp³-hybridized carbons (Fsp3) is 0.750. The number of piperazine rings is 1. The lowest BCUT2D eigenvalue weighted by Gasteiger charge is -2.34. The highest BCUT2D eigenvalue weighted by molar-refractivity contribution is 7.89. The highest BCUT2D eigenvalue weighted by atomic mass is 32.2. The first-order valence-electron chi connectivity index (χ1n) is 6.67. The van der Waals surface area contributed by atoms with Crippen LogP contribution in [0.4, 0.5) is 0 Å². The molecule has 0 bridgehead atoms. The molecule has 0 unspecified atom stereocenters. The zero-order valence-electron chi connectivity index (χ0n) is 11.6. The summed E-state index contributed by atoms with van der Waals surface area (Å²) >= 11 is 0. The molecule has 0 atom stereocenters. The van der Waals surface area contributed by atoms with E-state index in [4.69, 9.17) is 0 Å². The standard InChI is InChI=1S/C12H22N4O2S/c1-12(2)19(17,18)16-9-7-14(8-10-16)5-6-15-4-3-13-11-15/h3-4,11-12H,5-10H2,1-2H3. The first-order valence-corrected chi connectivity index (χ1v) is 8.17. The maximum Gasteiger partial charge on any atom is 0.216 e. The van der Waals surface area contributed by atoms with Gasteiger partial charge in [0.2, 0.25) is 10.0 Å². The molecule has 1 aromatic heterocycles. The normalized spacial score (nSPS) is 19.1. The number of sulfonamides is 1. The molecule has 2 rings (SSSR count). The van der Waals surface area contributed by atoms with Gasteiger partial charge in [-0.2, -0.15) is 4.31 Å². The van der Waals surface area contributed by atoms with Crippen LogP contribution in [-0.4, -0.2) is 65.1 Å². The highest BCUT2D eigenvalue weighted by Crippen LogP contribution is 2.12. The molecule has 0 aliphatic carbocycles. The van der Waals surface area contributed by atoms with Crippen LogP contribution in [0.25, 0.3) is 0 Å². The van der Waals surface area contributed by atoms with Gasteiger partial charge in [0.25, 0.3) is 0 Å². The van der Waals surface area contributed by atoms with Crippen LogP contribution in [0, 0.1) is 0 Å². The molecular formula is C12H22N4O2S. The van der Waals surface area contributed by atoms with Gasteiger partial charge in [0.1, 0.15) is 0 Å². The van der Waals surface area contributed by atoms with Gasteiger partial charge in [-0.25, -0.2) is 13.4 Å². The minimum atomic E-state index is -3.09. The van der Waals surface area contributed by atoms with E-state index >= 15 is 0 Å². The topological polar surface area (TPSA) is 58.4 Å². The molecule has 0 aromatic carbocycles. The van der Waals surface area contributed by atoms with Crippen LogP contribution in [0.3, 0.4) is 0 Å². The molecule has 1 aliphatic rings. The Bertz CT molecular complexity index is 476. The molecule has 0 amide bonds. The molecule has 1 fully saturated rings. The summed E-state index contributed by atoms with van der Waals surface area (Å²) in [7, 11) is -3.09. The lowest BCUT2D eigenvalue weighted by atomic mass is 10.3. The second-order valence-electron chi connectivity index (χ2n) is 5.13. The summed E-state index contributed by atoms with van der Waals surface area (Å²) in [6.07, 6.45) is 5.52. The van der Waals surface area contributed by atoms with Crippen molar-refractivity contribution in [2.45, 2.75) is 25.6 Å². The number of rotatable bonds is 5. The van der Waals surface area contributed by atoms with Crippen LogP contribution in [-0.2, 0) is 16.6 Å². The summed E-state index contributed by atoms with van der Waals surface area (Å²) in [6, 6.07) is 0. The number of hydrogen-bond acceptors (Lipinski definition) is 4. The van der Waals surface area contributed by atoms with Crippen molar-refractivity contribution in [1.82, 2.24) is 18.8 Å². The third-order valence-electron chi connectivity index (χ3n) is 3.52. The van der Waals surface area contributed by atoms with Crippen molar-refractivity contribution in [1.29, 1.82) is 0 Å². The van der Waals surface area contributed by atoms with Crippen LogP contribution >= 0.6 is 0 Å². The minimum Gasteiger partial charge on any atom is -0.336 e. The van der Waals surface area contributed by atoms with Crippen molar-refractivity contribution >= 4 is 10.0 Å². The van der Waals surface area contributed by atoms with Gasteiger partial charge in [0, 0.05) is 51.7 Å². The summed E-state index contributed by atoms with van der Waals surface area (Å²) in [4.78, 5) is 6.30. The van der Waals surface area contributed by atoms with Gasteiger partial charge in [-0.15, -0.1) is 0 Å². The molecule has 1 saturated heterocycles. The molecule has 108 valence electrons. The third-order valence-corrected chi connectivity index (χ3v) is 5.80. The number of hydrogen-bond donors (Lipinski definition) is 0. The van der Waals surface area contributed by atoms with Crippen LogP contribution in [0.5, 0.6) is 0 Å². The second-order valence-corrected chi connectivity index (χ2v) is 7.62. The van der Waals surface area contributed by atoms with Gasteiger partial charge in [-0.3, -0.25) is 4.90 Å². The Morgan fingerprint density at radius 1 is 1.16 bits per heavy atom. The van der Waals surface area contributed by atoms with Crippen molar-refractivity contribution < 1.29 is 8.42 Å². The van der Waals surface area contributed by atoms with Gasteiger partial charge in [0.05, 0.1) is 11.6 Å². The number of imidazole rings is 1. The first-order chi connectivity index (χ1) is 9.00. The van der Waals surface area contributed by atoms with Gasteiger partial charge in [-0.05, 0) is 13.8 Å².